The zero-order valence-corrected chi connectivity index (χ0v) is 18.6. The average molecular weight is 466 g/mol. The molecular formula is C23H20FN5O3S. The van der Waals surface area contributed by atoms with E-state index in [2.05, 4.69) is 32.1 Å². The molecule has 3 aromatic rings. The second kappa shape index (κ2) is 8.45. The third-order valence-corrected chi connectivity index (χ3v) is 6.95. The van der Waals surface area contributed by atoms with Crippen LogP contribution in [-0.4, -0.2) is 65.6 Å². The fraction of sp³-hybridized carbons (Fsp3) is 0.261. The molecule has 2 aliphatic rings. The summed E-state index contributed by atoms with van der Waals surface area (Å²) in [7, 11) is 2.06. The van der Waals surface area contributed by atoms with Crippen LogP contribution >= 0.6 is 11.3 Å². The van der Waals surface area contributed by atoms with Crippen molar-refractivity contribution in [2.24, 2.45) is 0 Å². The van der Waals surface area contributed by atoms with Gasteiger partial charge in [-0.15, -0.1) is 11.3 Å². The number of nitrogens with one attached hydrogen (secondary N) is 1. The van der Waals surface area contributed by atoms with E-state index in [1.165, 1.54) is 24.5 Å². The predicted octanol–water partition coefficient (Wildman–Crippen LogP) is 2.13. The lowest BCUT2D eigenvalue weighted by Gasteiger charge is -2.34. The molecule has 0 spiro atoms. The van der Waals surface area contributed by atoms with E-state index in [0.717, 1.165) is 43.2 Å². The van der Waals surface area contributed by atoms with E-state index in [-0.39, 0.29) is 39.0 Å². The minimum absolute atomic E-state index is 0.0167. The fourth-order valence-corrected chi connectivity index (χ4v) is 4.87. The molecule has 1 amide bonds. The highest BCUT2D eigenvalue weighted by molar-refractivity contribution is 7.16. The van der Waals surface area contributed by atoms with Gasteiger partial charge >= 0.3 is 0 Å². The van der Waals surface area contributed by atoms with Crippen LogP contribution in [0.3, 0.4) is 0 Å². The number of rotatable bonds is 4. The normalized spacial score (nSPS) is 15.9. The smallest absolute Gasteiger partial charge is 0.280 e. The molecule has 1 N–H and O–H groups in total. The number of likely N-dealkylation sites (N-methyl/N-ethyl adjacent to an activating group) is 1. The maximum Gasteiger partial charge on any atom is 0.280 e. The molecule has 2 aromatic heterocycles. The van der Waals surface area contributed by atoms with Gasteiger partial charge in [0.25, 0.3) is 5.91 Å². The number of piperazine rings is 1. The average Bonchev–Trinajstić information content (AvgIpc) is 3.28. The quantitative estimate of drug-likeness (QED) is 0.493. The minimum atomic E-state index is -0.570. The van der Waals surface area contributed by atoms with Crippen molar-refractivity contribution < 1.29 is 18.8 Å². The molecule has 0 saturated carbocycles. The Morgan fingerprint density at radius 1 is 1.12 bits per heavy atom. The first kappa shape index (κ1) is 21.4. The van der Waals surface area contributed by atoms with E-state index >= 15 is 0 Å². The topological polar surface area (TPSA) is 95.5 Å². The van der Waals surface area contributed by atoms with Gasteiger partial charge in [-0.1, -0.05) is 6.07 Å². The third-order valence-electron chi connectivity index (χ3n) is 5.90. The number of nitrogens with zero attached hydrogens (tertiary/aromatic N) is 4. The van der Waals surface area contributed by atoms with E-state index < -0.39 is 17.5 Å². The molecule has 1 saturated heterocycles. The van der Waals surface area contributed by atoms with Crippen LogP contribution in [0.4, 0.5) is 10.1 Å². The van der Waals surface area contributed by atoms with Crippen molar-refractivity contribution in [1.29, 1.82) is 0 Å². The SMILES string of the molecule is CN1CCN(c2ccc(CNC(=O)c3nc4c(s3)C(=O)c3ccncc3C4=O)c(F)c2)CC1. The summed E-state index contributed by atoms with van der Waals surface area (Å²) in [6.45, 7) is 3.47. The molecule has 0 radical (unpaired) electrons. The van der Waals surface area contributed by atoms with Gasteiger partial charge in [0.05, 0.1) is 5.56 Å². The highest BCUT2D eigenvalue weighted by Crippen LogP contribution is 2.30. The number of thiazole rings is 1. The van der Waals surface area contributed by atoms with Crippen molar-refractivity contribution in [3.63, 3.8) is 0 Å². The standard InChI is InChI=1S/C23H20FN5O3S/c1-28-6-8-29(9-7-28)14-3-2-13(17(24)10-14)11-26-22(32)23-27-18-19(30)16-12-25-5-4-15(16)20(31)21(18)33-23/h2-5,10,12H,6-9,11H2,1H3,(H,26,32). The van der Waals surface area contributed by atoms with Crippen LogP contribution in [0.1, 0.15) is 46.7 Å². The lowest BCUT2D eigenvalue weighted by molar-refractivity contribution is 0.0948. The van der Waals surface area contributed by atoms with Gasteiger partial charge in [0.2, 0.25) is 11.6 Å². The van der Waals surface area contributed by atoms with Crippen LogP contribution in [0, 0.1) is 5.82 Å². The molecule has 33 heavy (non-hydrogen) atoms. The number of pyridine rings is 1. The molecule has 0 atom stereocenters. The number of benzene rings is 1. The summed E-state index contributed by atoms with van der Waals surface area (Å²) >= 11 is 0.861. The van der Waals surface area contributed by atoms with Gasteiger partial charge in [0.15, 0.2) is 5.01 Å². The number of anilines is 1. The Bertz CT molecular complexity index is 1230. The highest BCUT2D eigenvalue weighted by Gasteiger charge is 2.34. The number of halogens is 1. The molecule has 168 valence electrons. The zero-order valence-electron chi connectivity index (χ0n) is 17.8. The summed E-state index contributed by atoms with van der Waals surface area (Å²) in [4.78, 5) is 50.5. The molecule has 1 aliphatic carbocycles. The molecule has 0 bridgehead atoms. The number of amides is 1. The number of hydrogen-bond donors (Lipinski definition) is 1. The van der Waals surface area contributed by atoms with E-state index in [1.807, 2.05) is 6.07 Å². The maximum absolute atomic E-state index is 14.7. The van der Waals surface area contributed by atoms with Crippen molar-refractivity contribution in [1.82, 2.24) is 20.2 Å². The van der Waals surface area contributed by atoms with E-state index in [1.54, 1.807) is 6.07 Å². The number of ketones is 2. The van der Waals surface area contributed by atoms with Crippen molar-refractivity contribution in [3.8, 4) is 0 Å². The molecule has 1 fully saturated rings. The third kappa shape index (κ3) is 3.91. The summed E-state index contributed by atoms with van der Waals surface area (Å²) in [5.74, 6) is -1.77. The van der Waals surface area contributed by atoms with Gasteiger partial charge < -0.3 is 15.1 Å². The number of carbonyl (C=O) groups is 3. The Balaban J connectivity index is 1.29. The zero-order chi connectivity index (χ0) is 23.1. The Morgan fingerprint density at radius 2 is 1.91 bits per heavy atom. The Labute approximate surface area is 193 Å². The fourth-order valence-electron chi connectivity index (χ4n) is 3.94. The second-order valence-corrected chi connectivity index (χ2v) is 9.02. The lowest BCUT2D eigenvalue weighted by atomic mass is 9.93. The first-order valence-electron chi connectivity index (χ1n) is 10.5. The largest absolute Gasteiger partial charge is 0.369 e. The van der Waals surface area contributed by atoms with Gasteiger partial charge in [-0.3, -0.25) is 19.4 Å². The minimum Gasteiger partial charge on any atom is -0.369 e. The van der Waals surface area contributed by atoms with Crippen LogP contribution in [0.5, 0.6) is 0 Å². The van der Waals surface area contributed by atoms with Crippen LogP contribution < -0.4 is 10.2 Å². The molecule has 3 heterocycles. The van der Waals surface area contributed by atoms with Gasteiger partial charge in [0, 0.05) is 61.9 Å². The van der Waals surface area contributed by atoms with E-state index in [9.17, 15) is 18.8 Å². The van der Waals surface area contributed by atoms with Gasteiger partial charge in [0.1, 0.15) is 16.4 Å². The molecule has 5 rings (SSSR count). The number of aromatic nitrogens is 2. The first-order valence-corrected chi connectivity index (χ1v) is 11.3. The van der Waals surface area contributed by atoms with Gasteiger partial charge in [-0.2, -0.15) is 0 Å². The Hall–Kier alpha value is -3.50. The number of fused-ring (bicyclic) bond motifs is 2. The van der Waals surface area contributed by atoms with Crippen molar-refractivity contribution >= 4 is 34.5 Å². The molecule has 1 aliphatic heterocycles. The molecule has 8 nitrogen and oxygen atoms in total. The van der Waals surface area contributed by atoms with Crippen LogP contribution in [0.15, 0.2) is 36.7 Å². The van der Waals surface area contributed by atoms with Gasteiger partial charge in [-0.25, -0.2) is 9.37 Å². The monoisotopic (exact) mass is 465 g/mol. The Kier molecular flexibility index (Phi) is 5.47. The van der Waals surface area contributed by atoms with E-state index in [4.69, 9.17) is 0 Å². The number of carbonyl (C=O) groups excluding carboxylic acids is 3. The van der Waals surface area contributed by atoms with Gasteiger partial charge in [-0.05, 0) is 25.2 Å². The summed E-state index contributed by atoms with van der Waals surface area (Å²) in [5.41, 5.74) is 1.54. The van der Waals surface area contributed by atoms with Crippen LogP contribution in [0.25, 0.3) is 0 Å². The summed E-state index contributed by atoms with van der Waals surface area (Å²) in [5, 5.41) is 2.62. The van der Waals surface area contributed by atoms with Crippen molar-refractivity contribution in [3.05, 3.63) is 74.7 Å². The van der Waals surface area contributed by atoms with Crippen molar-refractivity contribution in [2.45, 2.75) is 6.54 Å². The molecule has 1 aromatic carbocycles. The first-order chi connectivity index (χ1) is 15.9. The predicted molar refractivity (Wildman–Crippen MR) is 120 cm³/mol. The second-order valence-electron chi connectivity index (χ2n) is 8.02. The Morgan fingerprint density at radius 3 is 2.67 bits per heavy atom. The maximum atomic E-state index is 14.7. The van der Waals surface area contributed by atoms with E-state index in [0.29, 0.717) is 5.56 Å². The lowest BCUT2D eigenvalue weighted by Crippen LogP contribution is -2.44. The molecule has 0 unspecified atom stereocenters. The summed E-state index contributed by atoms with van der Waals surface area (Å²) in [6, 6.07) is 6.47. The number of hydrogen-bond acceptors (Lipinski definition) is 8. The highest BCUT2D eigenvalue weighted by atomic mass is 32.1. The van der Waals surface area contributed by atoms with Crippen molar-refractivity contribution in [2.75, 3.05) is 38.1 Å². The van der Waals surface area contributed by atoms with Crippen LogP contribution in [-0.2, 0) is 6.54 Å². The summed E-state index contributed by atoms with van der Waals surface area (Å²) in [6.07, 6.45) is 2.76. The summed E-state index contributed by atoms with van der Waals surface area (Å²) < 4.78 is 14.7. The molecular weight excluding hydrogens is 445 g/mol. The van der Waals surface area contributed by atoms with Crippen LogP contribution in [0.2, 0.25) is 0 Å². The molecule has 10 heteroatoms.